The molecule has 0 spiro atoms. The number of nitrogens with two attached hydrogens (primary N) is 1. The Hall–Kier alpha value is -2.78. The second-order valence-corrected chi connectivity index (χ2v) is 7.79. The van der Waals surface area contributed by atoms with Gasteiger partial charge >= 0.3 is 5.69 Å². The van der Waals surface area contributed by atoms with Crippen LogP contribution in [0.1, 0.15) is 35.2 Å². The van der Waals surface area contributed by atoms with Crippen LogP contribution < -0.4 is 21.9 Å². The number of unbranched alkanes of at least 4 members (excludes halogenated alkanes) is 1. The molecule has 0 atom stereocenters. The first-order valence-corrected chi connectivity index (χ1v) is 9.84. The van der Waals surface area contributed by atoms with Gasteiger partial charge in [0.1, 0.15) is 11.6 Å². The molecule has 0 aliphatic rings. The highest BCUT2D eigenvalue weighted by atomic mass is 35.5. The molecule has 148 valence electrons. The summed E-state index contributed by atoms with van der Waals surface area (Å²) >= 11 is 7.04. The van der Waals surface area contributed by atoms with E-state index in [4.69, 9.17) is 21.8 Å². The van der Waals surface area contributed by atoms with Gasteiger partial charge in [-0.25, -0.2) is 4.79 Å². The molecule has 3 rings (SSSR count). The van der Waals surface area contributed by atoms with Gasteiger partial charge in [0.05, 0.1) is 22.0 Å². The van der Waals surface area contributed by atoms with E-state index >= 15 is 0 Å². The van der Waals surface area contributed by atoms with Crippen LogP contribution in [-0.4, -0.2) is 15.5 Å². The molecule has 3 N–H and O–H groups in total. The highest BCUT2D eigenvalue weighted by Crippen LogP contribution is 2.27. The summed E-state index contributed by atoms with van der Waals surface area (Å²) in [6.45, 7) is 2.28. The number of nitrogen functional groups attached to an aromatic ring is 1. The van der Waals surface area contributed by atoms with Crippen LogP contribution in [0, 0.1) is 0 Å². The minimum Gasteiger partial charge on any atom is -0.467 e. The molecule has 1 amide bonds. The zero-order valence-electron chi connectivity index (χ0n) is 15.1. The quantitative estimate of drug-likeness (QED) is 0.607. The average molecular weight is 423 g/mol. The number of rotatable bonds is 7. The number of H-pyrrole nitrogens is 1. The fourth-order valence-corrected chi connectivity index (χ4v) is 3.74. The van der Waals surface area contributed by atoms with Crippen molar-refractivity contribution in [1.29, 1.82) is 0 Å². The van der Waals surface area contributed by atoms with E-state index < -0.39 is 17.2 Å². The fourth-order valence-electron chi connectivity index (χ4n) is 2.75. The first kappa shape index (κ1) is 20.0. The van der Waals surface area contributed by atoms with Crippen LogP contribution in [-0.2, 0) is 13.1 Å². The average Bonchev–Trinajstić information content (AvgIpc) is 3.31. The van der Waals surface area contributed by atoms with Crippen LogP contribution >= 0.6 is 22.9 Å². The summed E-state index contributed by atoms with van der Waals surface area (Å²) in [5, 5.41) is 0. The van der Waals surface area contributed by atoms with Crippen LogP contribution in [0.25, 0.3) is 0 Å². The van der Waals surface area contributed by atoms with E-state index in [0.29, 0.717) is 27.9 Å². The Balaban J connectivity index is 2.13. The number of aromatic nitrogens is 2. The van der Waals surface area contributed by atoms with Crippen molar-refractivity contribution >= 4 is 40.4 Å². The summed E-state index contributed by atoms with van der Waals surface area (Å²) in [7, 11) is 0. The van der Waals surface area contributed by atoms with Crippen molar-refractivity contribution in [1.82, 2.24) is 9.55 Å². The number of thiophene rings is 1. The Morgan fingerprint density at radius 1 is 1.36 bits per heavy atom. The summed E-state index contributed by atoms with van der Waals surface area (Å²) in [5.74, 6) is -0.0722. The number of anilines is 2. The molecule has 0 saturated heterocycles. The van der Waals surface area contributed by atoms with Gasteiger partial charge in [0.15, 0.2) is 5.69 Å². The predicted molar refractivity (Wildman–Crippen MR) is 109 cm³/mol. The number of hydrogen-bond acceptors (Lipinski definition) is 6. The number of nitrogens with one attached hydrogen (secondary N) is 1. The Kier molecular flexibility index (Phi) is 6.05. The molecule has 0 aliphatic heterocycles. The standard InChI is InChI=1S/C18H19ClN4O4S/c1-2-3-8-22-15(20)14(16(24)21-18(22)26)23(10-11-5-4-9-27-11)17(25)12-6-7-13(19)28-12/h4-7,9H,2-3,8,10,20H2,1H3,(H,21,24,26). The number of carbonyl (C=O) groups excluding carboxylic acids is 1. The topological polar surface area (TPSA) is 114 Å². The fraction of sp³-hybridized carbons (Fsp3) is 0.278. The highest BCUT2D eigenvalue weighted by Gasteiger charge is 2.27. The molecule has 3 aromatic heterocycles. The molecule has 0 bridgehead atoms. The summed E-state index contributed by atoms with van der Waals surface area (Å²) in [4.78, 5) is 41.7. The van der Waals surface area contributed by atoms with Crippen molar-refractivity contribution < 1.29 is 9.21 Å². The smallest absolute Gasteiger partial charge is 0.330 e. The Labute approximate surface area is 169 Å². The van der Waals surface area contributed by atoms with Crippen LogP contribution in [0.4, 0.5) is 11.5 Å². The third-order valence-electron chi connectivity index (χ3n) is 4.14. The molecule has 10 heteroatoms. The second-order valence-electron chi connectivity index (χ2n) is 6.07. The number of halogens is 1. The van der Waals surface area contributed by atoms with Crippen molar-refractivity contribution in [2.75, 3.05) is 10.6 Å². The van der Waals surface area contributed by atoms with Gasteiger partial charge in [-0.3, -0.25) is 24.0 Å². The summed E-state index contributed by atoms with van der Waals surface area (Å²) in [6, 6.07) is 6.52. The van der Waals surface area contributed by atoms with Gasteiger partial charge in [-0.1, -0.05) is 24.9 Å². The first-order valence-electron chi connectivity index (χ1n) is 8.64. The van der Waals surface area contributed by atoms with Crippen molar-refractivity contribution in [3.05, 3.63) is 66.3 Å². The minimum atomic E-state index is -0.738. The lowest BCUT2D eigenvalue weighted by molar-refractivity contribution is 0.0986. The van der Waals surface area contributed by atoms with Gasteiger partial charge in [-0.2, -0.15) is 0 Å². The maximum Gasteiger partial charge on any atom is 0.330 e. The molecule has 3 aromatic rings. The predicted octanol–water partition coefficient (Wildman–Crippen LogP) is 3.07. The van der Waals surface area contributed by atoms with E-state index in [1.54, 1.807) is 24.3 Å². The maximum absolute atomic E-state index is 13.1. The van der Waals surface area contributed by atoms with Crippen molar-refractivity contribution in [3.63, 3.8) is 0 Å². The molecule has 3 heterocycles. The molecule has 0 aliphatic carbocycles. The van der Waals surface area contributed by atoms with E-state index in [0.717, 1.165) is 17.8 Å². The molecular weight excluding hydrogens is 404 g/mol. The number of hydrogen-bond donors (Lipinski definition) is 2. The molecule has 0 radical (unpaired) electrons. The summed E-state index contributed by atoms with van der Waals surface area (Å²) in [6.07, 6.45) is 3.00. The number of aromatic amines is 1. The highest BCUT2D eigenvalue weighted by molar-refractivity contribution is 7.18. The lowest BCUT2D eigenvalue weighted by Gasteiger charge is -2.23. The van der Waals surface area contributed by atoms with Gasteiger partial charge in [0.25, 0.3) is 11.5 Å². The normalized spacial score (nSPS) is 10.9. The third-order valence-corrected chi connectivity index (χ3v) is 5.36. The lowest BCUT2D eigenvalue weighted by atomic mass is 10.3. The SMILES string of the molecule is CCCCn1c(N)c(N(Cc2ccco2)C(=O)c2ccc(Cl)s2)c(=O)[nH]c1=O. The van der Waals surface area contributed by atoms with Gasteiger partial charge < -0.3 is 10.2 Å². The molecule has 8 nitrogen and oxygen atoms in total. The first-order chi connectivity index (χ1) is 13.4. The Morgan fingerprint density at radius 2 is 2.14 bits per heavy atom. The van der Waals surface area contributed by atoms with E-state index in [9.17, 15) is 14.4 Å². The number of furan rings is 1. The molecule has 0 unspecified atom stereocenters. The van der Waals surface area contributed by atoms with Gasteiger partial charge in [0.2, 0.25) is 0 Å². The monoisotopic (exact) mass is 422 g/mol. The number of carbonyl (C=O) groups is 1. The maximum atomic E-state index is 13.1. The largest absolute Gasteiger partial charge is 0.467 e. The van der Waals surface area contributed by atoms with Crippen molar-refractivity contribution in [3.8, 4) is 0 Å². The van der Waals surface area contributed by atoms with Gasteiger partial charge in [0, 0.05) is 6.54 Å². The van der Waals surface area contributed by atoms with E-state index in [1.165, 1.54) is 15.7 Å². The van der Waals surface area contributed by atoms with Gasteiger partial charge in [-0.05, 0) is 30.7 Å². The Morgan fingerprint density at radius 3 is 2.75 bits per heavy atom. The summed E-state index contributed by atoms with van der Waals surface area (Å²) < 4.78 is 7.05. The van der Waals surface area contributed by atoms with E-state index in [2.05, 4.69) is 4.98 Å². The zero-order valence-corrected chi connectivity index (χ0v) is 16.7. The molecule has 0 saturated carbocycles. The van der Waals surface area contributed by atoms with E-state index in [1.807, 2.05) is 6.92 Å². The van der Waals surface area contributed by atoms with Crippen molar-refractivity contribution in [2.24, 2.45) is 0 Å². The van der Waals surface area contributed by atoms with Crippen molar-refractivity contribution in [2.45, 2.75) is 32.9 Å². The van der Waals surface area contributed by atoms with Gasteiger partial charge in [-0.15, -0.1) is 11.3 Å². The van der Waals surface area contributed by atoms with Crippen LogP contribution in [0.15, 0.2) is 44.5 Å². The Bertz CT molecular complexity index is 1080. The molecule has 0 aromatic carbocycles. The van der Waals surface area contributed by atoms with E-state index in [-0.39, 0.29) is 18.1 Å². The lowest BCUT2D eigenvalue weighted by Crippen LogP contribution is -2.40. The number of nitrogens with zero attached hydrogens (tertiary/aromatic N) is 2. The molecular formula is C18H19ClN4O4S. The third kappa shape index (κ3) is 4.05. The van der Waals surface area contributed by atoms with Crippen LogP contribution in [0.2, 0.25) is 4.34 Å². The van der Waals surface area contributed by atoms with Crippen LogP contribution in [0.3, 0.4) is 0 Å². The minimum absolute atomic E-state index is 0.0272. The zero-order chi connectivity index (χ0) is 20.3. The number of amides is 1. The second kappa shape index (κ2) is 8.49. The van der Waals surface area contributed by atoms with Crippen LogP contribution in [0.5, 0.6) is 0 Å². The molecule has 28 heavy (non-hydrogen) atoms. The molecule has 0 fully saturated rings. The summed E-state index contributed by atoms with van der Waals surface area (Å²) in [5.41, 5.74) is 4.73.